The molecule has 248 valence electrons. The van der Waals surface area contributed by atoms with Crippen LogP contribution in [0.15, 0.2) is 58.5 Å². The molecule has 0 fully saturated rings. The van der Waals surface area contributed by atoms with E-state index in [2.05, 4.69) is 9.98 Å². The van der Waals surface area contributed by atoms with Crippen molar-refractivity contribution in [3.05, 3.63) is 59.7 Å². The Morgan fingerprint density at radius 1 is 0.532 bits per heavy atom. The highest BCUT2D eigenvalue weighted by atomic mass is 16.6. The first kappa shape index (κ1) is 37.2. The Bertz CT molecular complexity index is 1430. The average molecular weight is 655 g/mol. The summed E-state index contributed by atoms with van der Waals surface area (Å²) in [6.45, 7) is 4.56. The number of benzene rings is 2. The predicted octanol–water partition coefficient (Wildman–Crippen LogP) is 2.75. The number of ether oxygens (including phenoxy) is 6. The molecule has 0 N–H and O–H groups in total. The van der Waals surface area contributed by atoms with E-state index in [9.17, 15) is 38.4 Å². The minimum atomic E-state index is -1.36. The summed E-state index contributed by atoms with van der Waals surface area (Å²) in [4.78, 5) is 101. The van der Waals surface area contributed by atoms with Gasteiger partial charge in [0.05, 0.1) is 35.7 Å². The van der Waals surface area contributed by atoms with E-state index in [4.69, 9.17) is 28.4 Å². The summed E-state index contributed by atoms with van der Waals surface area (Å²) in [7, 11) is 0. The van der Waals surface area contributed by atoms with Crippen LogP contribution in [0.4, 0.5) is 11.4 Å². The first-order valence-electron chi connectivity index (χ1n) is 13.9. The fraction of sp³-hybridized carbons (Fsp3) is 0.355. The molecule has 47 heavy (non-hydrogen) atoms. The van der Waals surface area contributed by atoms with Crippen molar-refractivity contribution in [2.24, 2.45) is 9.98 Å². The van der Waals surface area contributed by atoms with Crippen LogP contribution in [0.3, 0.4) is 0 Å². The highest BCUT2D eigenvalue weighted by molar-refractivity contribution is 5.93. The molecule has 0 aliphatic heterocycles. The second-order valence-corrected chi connectivity index (χ2v) is 9.44. The summed E-state index contributed by atoms with van der Waals surface area (Å²) in [6.07, 6.45) is -2.65. The van der Waals surface area contributed by atoms with Crippen molar-refractivity contribution in [1.82, 2.24) is 0 Å². The van der Waals surface area contributed by atoms with E-state index in [1.54, 1.807) is 0 Å². The normalized spacial score (nSPS) is 12.7. The molecule has 16 nitrogen and oxygen atoms in total. The van der Waals surface area contributed by atoms with E-state index in [0.29, 0.717) is 0 Å². The van der Waals surface area contributed by atoms with E-state index < -0.39 is 60.2 Å². The van der Waals surface area contributed by atoms with Gasteiger partial charge in [0.1, 0.15) is 0 Å². The molecule has 0 heterocycles. The molecule has 0 bridgehead atoms. The highest BCUT2D eigenvalue weighted by Crippen LogP contribution is 2.15. The van der Waals surface area contributed by atoms with Crippen molar-refractivity contribution in [2.45, 2.75) is 58.5 Å². The largest absolute Gasteiger partial charge is 0.463 e. The van der Waals surface area contributed by atoms with E-state index in [1.807, 2.05) is 0 Å². The fourth-order valence-electron chi connectivity index (χ4n) is 3.28. The molecule has 16 heteroatoms. The average Bonchev–Trinajstić information content (AvgIpc) is 3.05. The molecule has 0 saturated heterocycles. The van der Waals surface area contributed by atoms with Crippen LogP contribution < -0.4 is 0 Å². The van der Waals surface area contributed by atoms with Crippen molar-refractivity contribution in [2.75, 3.05) is 13.2 Å². The lowest BCUT2D eigenvalue weighted by Crippen LogP contribution is -2.34. The number of hydrogen-bond acceptors (Lipinski definition) is 16. The molecule has 0 radical (unpaired) electrons. The second kappa shape index (κ2) is 18.7. The third-order valence-corrected chi connectivity index (χ3v) is 5.81. The van der Waals surface area contributed by atoms with Crippen LogP contribution in [0.25, 0.3) is 0 Å². The molecule has 0 aromatic heterocycles. The Morgan fingerprint density at radius 2 is 0.851 bits per heavy atom. The quantitative estimate of drug-likeness (QED) is 0.0836. The summed E-state index contributed by atoms with van der Waals surface area (Å²) in [5.74, 6) is -5.54. The van der Waals surface area contributed by atoms with E-state index in [0.717, 1.165) is 0 Å². The molecule has 0 amide bonds. The number of carbonyl (C=O) groups is 6. The van der Waals surface area contributed by atoms with Gasteiger partial charge >= 0.3 is 35.8 Å². The van der Waals surface area contributed by atoms with Gasteiger partial charge in [0.2, 0.25) is 12.2 Å². The van der Waals surface area contributed by atoms with Gasteiger partial charge in [-0.1, -0.05) is 0 Å². The molecule has 4 unspecified atom stereocenters. The summed E-state index contributed by atoms with van der Waals surface area (Å²) in [6, 6.07) is 10.8. The third kappa shape index (κ3) is 12.5. The van der Waals surface area contributed by atoms with Crippen LogP contribution in [0.2, 0.25) is 0 Å². The Hall–Kier alpha value is -5.98. The van der Waals surface area contributed by atoms with Crippen molar-refractivity contribution < 1.29 is 66.8 Å². The lowest BCUT2D eigenvalue weighted by molar-refractivity contribution is -0.173. The zero-order chi connectivity index (χ0) is 34.9. The van der Waals surface area contributed by atoms with Crippen molar-refractivity contribution in [3.63, 3.8) is 0 Å². The third-order valence-electron chi connectivity index (χ3n) is 5.81. The van der Waals surface area contributed by atoms with Crippen LogP contribution in [0.5, 0.6) is 0 Å². The smallest absolute Gasteiger partial charge is 0.348 e. The first-order valence-corrected chi connectivity index (χ1v) is 13.9. The minimum absolute atomic E-state index is 0.0503. The molecule has 0 aliphatic carbocycles. The Morgan fingerprint density at radius 3 is 1.17 bits per heavy atom. The Labute approximate surface area is 267 Å². The Kier molecular flexibility index (Phi) is 14.8. The lowest BCUT2D eigenvalue weighted by atomic mass is 10.2. The standard InChI is InChI=1S/C31H30N2O14/c1-18(44-28(38)20(3)46-30(40)22-6-10-24(11-7-22)32-16-34)26(36)42-14-5-15-43-27(37)19(2)45-29(39)21(4)47-31(41)23-8-12-25(13-9-23)33-17-35/h6-13,18-21H,5,14-15H2,1-4H3. The van der Waals surface area contributed by atoms with Gasteiger partial charge in [-0.25, -0.2) is 38.4 Å². The molecule has 4 atom stereocenters. The van der Waals surface area contributed by atoms with Gasteiger partial charge in [-0.3, -0.25) is 0 Å². The number of isocyanates is 2. The molecule has 0 spiro atoms. The zero-order valence-corrected chi connectivity index (χ0v) is 25.7. The van der Waals surface area contributed by atoms with Gasteiger partial charge in [0, 0.05) is 6.42 Å². The lowest BCUT2D eigenvalue weighted by Gasteiger charge is -2.17. The topological polar surface area (TPSA) is 217 Å². The highest BCUT2D eigenvalue weighted by Gasteiger charge is 2.27. The van der Waals surface area contributed by atoms with E-state index in [1.165, 1.54) is 88.4 Å². The molecule has 2 aromatic rings. The Balaban J connectivity index is 1.66. The molecule has 0 aliphatic rings. The number of aliphatic imine (C=N–C) groups is 2. The number of rotatable bonds is 16. The number of esters is 6. The summed E-state index contributed by atoms with van der Waals surface area (Å²) < 4.78 is 30.0. The summed E-state index contributed by atoms with van der Waals surface area (Å²) in [5, 5.41) is 0. The minimum Gasteiger partial charge on any atom is -0.463 e. The van der Waals surface area contributed by atoms with E-state index in [-0.39, 0.29) is 42.1 Å². The first-order chi connectivity index (χ1) is 22.4. The number of carbonyl (C=O) groups excluding carboxylic acids is 8. The van der Waals surface area contributed by atoms with Gasteiger partial charge < -0.3 is 28.4 Å². The zero-order valence-electron chi connectivity index (χ0n) is 25.7. The molecule has 0 saturated carbocycles. The van der Waals surface area contributed by atoms with Crippen LogP contribution in [-0.2, 0) is 57.2 Å². The summed E-state index contributed by atoms with van der Waals surface area (Å²) in [5.41, 5.74) is 0.703. The molecular weight excluding hydrogens is 624 g/mol. The predicted molar refractivity (Wildman–Crippen MR) is 156 cm³/mol. The van der Waals surface area contributed by atoms with Crippen LogP contribution in [0, 0.1) is 0 Å². The van der Waals surface area contributed by atoms with Gasteiger partial charge in [0.25, 0.3) is 0 Å². The maximum Gasteiger partial charge on any atom is 0.348 e. The van der Waals surface area contributed by atoms with Crippen LogP contribution >= 0.6 is 0 Å². The van der Waals surface area contributed by atoms with Gasteiger partial charge in [-0.15, -0.1) is 0 Å². The van der Waals surface area contributed by atoms with Crippen molar-refractivity contribution in [1.29, 1.82) is 0 Å². The monoisotopic (exact) mass is 654 g/mol. The SMILES string of the molecule is CC(OC(=O)c1ccc(N=C=O)cc1)C(=O)OC(C)C(=O)OCCCOC(=O)C(C)OC(=O)C(C)OC(=O)c1ccc(N=C=O)cc1. The second-order valence-electron chi connectivity index (χ2n) is 9.44. The number of nitrogens with zero attached hydrogens (tertiary/aromatic N) is 2. The number of hydrogen-bond donors (Lipinski definition) is 0. The molecular formula is C31H30N2O14. The van der Waals surface area contributed by atoms with Crippen LogP contribution in [-0.4, -0.2) is 85.6 Å². The van der Waals surface area contributed by atoms with Crippen molar-refractivity contribution in [3.8, 4) is 0 Å². The molecule has 2 aromatic carbocycles. The van der Waals surface area contributed by atoms with Gasteiger partial charge in [0.15, 0.2) is 24.4 Å². The van der Waals surface area contributed by atoms with Crippen molar-refractivity contribution >= 4 is 59.4 Å². The van der Waals surface area contributed by atoms with Gasteiger partial charge in [-0.2, -0.15) is 9.98 Å². The molecule has 2 rings (SSSR count). The van der Waals surface area contributed by atoms with E-state index >= 15 is 0 Å². The van der Waals surface area contributed by atoms with Crippen LogP contribution in [0.1, 0.15) is 54.8 Å². The summed E-state index contributed by atoms with van der Waals surface area (Å²) >= 11 is 0. The van der Waals surface area contributed by atoms with Gasteiger partial charge in [-0.05, 0) is 76.2 Å². The maximum atomic E-state index is 12.2. The maximum absolute atomic E-state index is 12.2. The fourth-order valence-corrected chi connectivity index (χ4v) is 3.28.